The molecule has 1 aromatic rings. The summed E-state index contributed by atoms with van der Waals surface area (Å²) < 4.78 is 0. The number of benzene rings is 1. The number of alkyl halides is 1. The number of halogens is 2. The van der Waals surface area contributed by atoms with Crippen molar-refractivity contribution < 1.29 is 4.79 Å². The van der Waals surface area contributed by atoms with Gasteiger partial charge in [0.2, 0.25) is 0 Å². The number of carbonyl (C=O) groups excluding carboxylic acids is 1. The summed E-state index contributed by atoms with van der Waals surface area (Å²) in [4.78, 5) is 16.9. The molecule has 5 heteroatoms. The lowest BCUT2D eigenvalue weighted by Gasteiger charge is -2.22. The van der Waals surface area contributed by atoms with Crippen molar-refractivity contribution in [2.75, 3.05) is 38.1 Å². The first-order chi connectivity index (χ1) is 9.60. The van der Waals surface area contributed by atoms with Crippen molar-refractivity contribution in [3.8, 4) is 0 Å². The summed E-state index contributed by atoms with van der Waals surface area (Å²) in [5.74, 6) is 0.0938. The quantitative estimate of drug-likeness (QED) is 0.774. The third-order valence-electron chi connectivity index (χ3n) is 3.57. The molecule has 1 amide bonds. The lowest BCUT2D eigenvalue weighted by atomic mass is 10.1. The molecule has 0 atom stereocenters. The van der Waals surface area contributed by atoms with Gasteiger partial charge in [0.25, 0.3) is 5.91 Å². The van der Waals surface area contributed by atoms with Crippen LogP contribution in [0.1, 0.15) is 22.3 Å². The first-order valence-corrected chi connectivity index (χ1v) is 8.45. The number of rotatable bonds is 3. The number of hydrogen-bond donors (Lipinski definition) is 0. The molecule has 1 saturated heterocycles. The second-order valence-corrected chi connectivity index (χ2v) is 6.42. The normalized spacial score (nSPS) is 17.1. The Morgan fingerprint density at radius 3 is 2.75 bits per heavy atom. The van der Waals surface area contributed by atoms with Gasteiger partial charge in [0.1, 0.15) is 0 Å². The predicted molar refractivity (Wildman–Crippen MR) is 86.9 cm³/mol. The van der Waals surface area contributed by atoms with Crippen LogP contribution in [0.4, 0.5) is 0 Å². The summed E-state index contributed by atoms with van der Waals surface area (Å²) in [5.41, 5.74) is 1.72. The van der Waals surface area contributed by atoms with Gasteiger partial charge in [0.15, 0.2) is 0 Å². The van der Waals surface area contributed by atoms with Crippen LogP contribution in [-0.4, -0.2) is 53.8 Å². The molecular weight excluding hydrogens is 340 g/mol. The van der Waals surface area contributed by atoms with Crippen molar-refractivity contribution in [3.63, 3.8) is 0 Å². The second-order valence-electron chi connectivity index (χ2n) is 5.19. The van der Waals surface area contributed by atoms with Crippen molar-refractivity contribution in [3.05, 3.63) is 34.3 Å². The highest BCUT2D eigenvalue weighted by molar-refractivity contribution is 9.09. The van der Waals surface area contributed by atoms with E-state index in [0.29, 0.717) is 10.6 Å². The van der Waals surface area contributed by atoms with Crippen LogP contribution >= 0.6 is 27.5 Å². The van der Waals surface area contributed by atoms with Crippen molar-refractivity contribution in [2.24, 2.45) is 0 Å². The van der Waals surface area contributed by atoms with Gasteiger partial charge in [0, 0.05) is 42.1 Å². The first kappa shape index (κ1) is 15.8. The van der Waals surface area contributed by atoms with E-state index in [1.54, 1.807) is 6.07 Å². The van der Waals surface area contributed by atoms with E-state index < -0.39 is 0 Å². The third-order valence-corrected chi connectivity index (χ3v) is 4.14. The van der Waals surface area contributed by atoms with Crippen LogP contribution in [0, 0.1) is 6.92 Å². The minimum Gasteiger partial charge on any atom is -0.337 e. The maximum Gasteiger partial charge on any atom is 0.253 e. The molecule has 1 aliphatic heterocycles. The molecule has 3 nitrogen and oxygen atoms in total. The molecule has 0 unspecified atom stereocenters. The maximum absolute atomic E-state index is 12.6. The standard InChI is InChI=1S/C15H20BrClN2O/c1-12-9-13(11-14(17)10-12)15(20)19-5-2-4-18(6-3-16)7-8-19/h9-11H,2-8H2,1H3. The van der Waals surface area contributed by atoms with Gasteiger partial charge >= 0.3 is 0 Å². The van der Waals surface area contributed by atoms with Crippen LogP contribution in [0.25, 0.3) is 0 Å². The molecule has 0 spiro atoms. The van der Waals surface area contributed by atoms with Gasteiger partial charge in [0.05, 0.1) is 0 Å². The van der Waals surface area contributed by atoms with Crippen LogP contribution in [0.15, 0.2) is 18.2 Å². The summed E-state index contributed by atoms with van der Waals surface area (Å²) in [6.45, 7) is 6.61. The molecule has 110 valence electrons. The summed E-state index contributed by atoms with van der Waals surface area (Å²) >= 11 is 9.52. The maximum atomic E-state index is 12.6. The Balaban J connectivity index is 2.05. The van der Waals surface area contributed by atoms with Crippen LogP contribution in [0.5, 0.6) is 0 Å². The smallest absolute Gasteiger partial charge is 0.253 e. The SMILES string of the molecule is Cc1cc(Cl)cc(C(=O)N2CCCN(CCBr)CC2)c1. The van der Waals surface area contributed by atoms with Crippen LogP contribution in [-0.2, 0) is 0 Å². The van der Waals surface area contributed by atoms with Crippen molar-refractivity contribution >= 4 is 33.4 Å². The largest absolute Gasteiger partial charge is 0.337 e. The number of carbonyl (C=O) groups is 1. The lowest BCUT2D eigenvalue weighted by molar-refractivity contribution is 0.0762. The summed E-state index contributed by atoms with van der Waals surface area (Å²) in [5, 5.41) is 1.61. The molecular formula is C15H20BrClN2O. The minimum atomic E-state index is 0.0938. The molecule has 20 heavy (non-hydrogen) atoms. The Morgan fingerprint density at radius 2 is 2.05 bits per heavy atom. The molecule has 1 heterocycles. The molecule has 0 aliphatic carbocycles. The molecule has 0 N–H and O–H groups in total. The van der Waals surface area contributed by atoms with Gasteiger partial charge in [-0.3, -0.25) is 4.79 Å². The van der Waals surface area contributed by atoms with Gasteiger partial charge in [-0.15, -0.1) is 0 Å². The van der Waals surface area contributed by atoms with E-state index in [1.165, 1.54) is 0 Å². The minimum absolute atomic E-state index is 0.0938. The molecule has 0 aromatic heterocycles. The number of aryl methyl sites for hydroxylation is 1. The molecule has 1 aliphatic rings. The zero-order chi connectivity index (χ0) is 14.5. The van der Waals surface area contributed by atoms with E-state index in [2.05, 4.69) is 20.8 Å². The Hall–Kier alpha value is -0.580. The van der Waals surface area contributed by atoms with E-state index in [0.717, 1.165) is 50.0 Å². The third kappa shape index (κ3) is 4.21. The summed E-state index contributed by atoms with van der Waals surface area (Å²) in [6.07, 6.45) is 1.03. The van der Waals surface area contributed by atoms with E-state index >= 15 is 0 Å². The van der Waals surface area contributed by atoms with Gasteiger partial charge in [-0.2, -0.15) is 0 Å². The van der Waals surface area contributed by atoms with Crippen LogP contribution in [0.3, 0.4) is 0 Å². The van der Waals surface area contributed by atoms with E-state index in [-0.39, 0.29) is 5.91 Å². The van der Waals surface area contributed by atoms with Gasteiger partial charge in [-0.1, -0.05) is 27.5 Å². The average molecular weight is 360 g/mol. The van der Waals surface area contributed by atoms with Gasteiger partial charge < -0.3 is 9.80 Å². The Labute approximate surface area is 134 Å². The average Bonchev–Trinajstić information content (AvgIpc) is 2.63. The molecule has 1 aromatic carbocycles. The zero-order valence-corrected chi connectivity index (χ0v) is 14.1. The Kier molecular flexibility index (Phi) is 5.87. The Morgan fingerprint density at radius 1 is 1.25 bits per heavy atom. The number of amides is 1. The predicted octanol–water partition coefficient (Wildman–Crippen LogP) is 3.19. The van der Waals surface area contributed by atoms with E-state index in [1.807, 2.05) is 24.0 Å². The summed E-state index contributed by atoms with van der Waals surface area (Å²) in [6, 6.07) is 5.55. The van der Waals surface area contributed by atoms with Gasteiger partial charge in [-0.25, -0.2) is 0 Å². The molecule has 1 fully saturated rings. The second kappa shape index (κ2) is 7.43. The topological polar surface area (TPSA) is 23.6 Å². The Bertz CT molecular complexity index is 461. The number of hydrogen-bond acceptors (Lipinski definition) is 2. The molecule has 0 bridgehead atoms. The number of nitrogens with zero attached hydrogens (tertiary/aromatic N) is 2. The van der Waals surface area contributed by atoms with Crippen molar-refractivity contribution in [1.29, 1.82) is 0 Å². The van der Waals surface area contributed by atoms with Crippen molar-refractivity contribution in [1.82, 2.24) is 9.80 Å². The zero-order valence-electron chi connectivity index (χ0n) is 11.7. The highest BCUT2D eigenvalue weighted by atomic mass is 79.9. The van der Waals surface area contributed by atoms with Crippen molar-refractivity contribution in [2.45, 2.75) is 13.3 Å². The fraction of sp³-hybridized carbons (Fsp3) is 0.533. The van der Waals surface area contributed by atoms with E-state index in [9.17, 15) is 4.79 Å². The molecule has 0 saturated carbocycles. The fourth-order valence-electron chi connectivity index (χ4n) is 2.56. The fourth-order valence-corrected chi connectivity index (χ4v) is 3.35. The first-order valence-electron chi connectivity index (χ1n) is 6.95. The highest BCUT2D eigenvalue weighted by Crippen LogP contribution is 2.17. The van der Waals surface area contributed by atoms with Gasteiger partial charge in [-0.05, 0) is 43.7 Å². The highest BCUT2D eigenvalue weighted by Gasteiger charge is 2.20. The molecule has 2 rings (SSSR count). The van der Waals surface area contributed by atoms with Crippen LogP contribution in [0.2, 0.25) is 5.02 Å². The van der Waals surface area contributed by atoms with E-state index in [4.69, 9.17) is 11.6 Å². The lowest BCUT2D eigenvalue weighted by Crippen LogP contribution is -2.35. The monoisotopic (exact) mass is 358 g/mol. The summed E-state index contributed by atoms with van der Waals surface area (Å²) in [7, 11) is 0. The molecule has 0 radical (unpaired) electrons. The van der Waals surface area contributed by atoms with Crippen LogP contribution < -0.4 is 0 Å².